The van der Waals surface area contributed by atoms with Crippen molar-refractivity contribution in [2.24, 2.45) is 0 Å². The minimum Gasteiger partial charge on any atom is -0.346 e. The molecule has 1 amide bonds. The van der Waals surface area contributed by atoms with Crippen LogP contribution in [0.3, 0.4) is 0 Å². The Morgan fingerprint density at radius 3 is 2.82 bits per heavy atom. The Kier molecular flexibility index (Phi) is 2.93. The van der Waals surface area contributed by atoms with E-state index in [1.807, 2.05) is 6.26 Å². The van der Waals surface area contributed by atoms with E-state index in [4.69, 9.17) is 0 Å². The standard InChI is InChI=1S/C7H11NO2S/c1-11-3-2-5-6(9)4-7(10)8-5/h5H,2-4H2,1H3,(H,8,10). The van der Waals surface area contributed by atoms with Crippen molar-refractivity contribution in [2.75, 3.05) is 12.0 Å². The highest BCUT2D eigenvalue weighted by atomic mass is 32.2. The van der Waals surface area contributed by atoms with Gasteiger partial charge in [-0.05, 0) is 18.4 Å². The first-order valence-corrected chi connectivity index (χ1v) is 4.94. The zero-order valence-corrected chi connectivity index (χ0v) is 7.24. The lowest BCUT2D eigenvalue weighted by Gasteiger charge is -2.05. The van der Waals surface area contributed by atoms with Crippen LogP contribution in [0.2, 0.25) is 0 Å². The summed E-state index contributed by atoms with van der Waals surface area (Å²) in [6.07, 6.45) is 2.84. The van der Waals surface area contributed by atoms with Gasteiger partial charge in [-0.15, -0.1) is 0 Å². The van der Waals surface area contributed by atoms with Crippen molar-refractivity contribution in [3.05, 3.63) is 0 Å². The van der Waals surface area contributed by atoms with E-state index >= 15 is 0 Å². The molecule has 0 bridgehead atoms. The highest BCUT2D eigenvalue weighted by Gasteiger charge is 2.28. The first-order chi connectivity index (χ1) is 5.24. The maximum Gasteiger partial charge on any atom is 0.228 e. The van der Waals surface area contributed by atoms with Crippen LogP contribution in [0.1, 0.15) is 12.8 Å². The van der Waals surface area contributed by atoms with E-state index < -0.39 is 0 Å². The summed E-state index contributed by atoms with van der Waals surface area (Å²) < 4.78 is 0. The first kappa shape index (κ1) is 8.59. The summed E-state index contributed by atoms with van der Waals surface area (Å²) in [5.74, 6) is 0.849. The summed E-state index contributed by atoms with van der Waals surface area (Å²) in [7, 11) is 0. The Morgan fingerprint density at radius 2 is 2.36 bits per heavy atom. The van der Waals surface area contributed by atoms with Crippen LogP contribution in [0.5, 0.6) is 0 Å². The molecule has 1 heterocycles. The summed E-state index contributed by atoms with van der Waals surface area (Å²) >= 11 is 1.69. The van der Waals surface area contributed by atoms with Crippen molar-refractivity contribution in [2.45, 2.75) is 18.9 Å². The highest BCUT2D eigenvalue weighted by molar-refractivity contribution is 7.98. The molecule has 1 aliphatic rings. The molecule has 3 nitrogen and oxygen atoms in total. The first-order valence-electron chi connectivity index (χ1n) is 3.55. The Labute approximate surface area is 69.9 Å². The molecule has 1 atom stereocenters. The lowest BCUT2D eigenvalue weighted by atomic mass is 10.1. The van der Waals surface area contributed by atoms with Gasteiger partial charge in [-0.1, -0.05) is 0 Å². The molecular weight excluding hydrogens is 162 g/mol. The van der Waals surface area contributed by atoms with E-state index in [0.29, 0.717) is 0 Å². The Bertz CT molecular complexity index is 181. The topological polar surface area (TPSA) is 46.2 Å². The van der Waals surface area contributed by atoms with Crippen LogP contribution in [0, 0.1) is 0 Å². The molecule has 1 N–H and O–H groups in total. The molecular formula is C7H11NO2S. The SMILES string of the molecule is CSCCC1NC(=O)CC1=O. The molecule has 1 aliphatic heterocycles. The van der Waals surface area contributed by atoms with E-state index in [1.54, 1.807) is 11.8 Å². The molecule has 0 radical (unpaired) electrons. The number of nitrogens with one attached hydrogen (secondary N) is 1. The molecule has 0 saturated carbocycles. The second-order valence-corrected chi connectivity index (χ2v) is 3.53. The molecule has 4 heteroatoms. The van der Waals surface area contributed by atoms with Gasteiger partial charge < -0.3 is 5.32 Å². The van der Waals surface area contributed by atoms with Crippen molar-refractivity contribution >= 4 is 23.5 Å². The Hall–Kier alpha value is -0.510. The van der Waals surface area contributed by atoms with Gasteiger partial charge in [-0.2, -0.15) is 11.8 Å². The second kappa shape index (κ2) is 3.76. The second-order valence-electron chi connectivity index (χ2n) is 2.54. The van der Waals surface area contributed by atoms with Gasteiger partial charge in [-0.3, -0.25) is 9.59 Å². The summed E-state index contributed by atoms with van der Waals surface area (Å²) in [6.45, 7) is 0. The average Bonchev–Trinajstić information content (AvgIpc) is 2.26. The van der Waals surface area contributed by atoms with E-state index in [9.17, 15) is 9.59 Å². The van der Waals surface area contributed by atoms with Crippen LogP contribution in [0.4, 0.5) is 0 Å². The van der Waals surface area contributed by atoms with Gasteiger partial charge in [0.15, 0.2) is 5.78 Å². The van der Waals surface area contributed by atoms with E-state index in [-0.39, 0.29) is 24.2 Å². The largest absolute Gasteiger partial charge is 0.346 e. The molecule has 0 aromatic carbocycles. The number of Topliss-reactive ketones (excluding diaryl/α,β-unsaturated/α-hetero) is 1. The maximum atomic E-state index is 11.0. The van der Waals surface area contributed by atoms with Crippen LogP contribution in [0.15, 0.2) is 0 Å². The minimum atomic E-state index is -0.199. The number of rotatable bonds is 3. The maximum absolute atomic E-state index is 11.0. The van der Waals surface area contributed by atoms with Gasteiger partial charge in [0.1, 0.15) is 0 Å². The van der Waals surface area contributed by atoms with Crippen molar-refractivity contribution < 1.29 is 9.59 Å². The zero-order chi connectivity index (χ0) is 8.27. The smallest absolute Gasteiger partial charge is 0.228 e. The lowest BCUT2D eigenvalue weighted by molar-refractivity contribution is -0.122. The van der Waals surface area contributed by atoms with Gasteiger partial charge in [0, 0.05) is 0 Å². The molecule has 11 heavy (non-hydrogen) atoms. The van der Waals surface area contributed by atoms with Crippen molar-refractivity contribution in [3.63, 3.8) is 0 Å². The van der Waals surface area contributed by atoms with Crippen LogP contribution >= 0.6 is 11.8 Å². The predicted molar refractivity (Wildman–Crippen MR) is 44.6 cm³/mol. The fourth-order valence-electron chi connectivity index (χ4n) is 1.08. The zero-order valence-electron chi connectivity index (χ0n) is 6.42. The van der Waals surface area contributed by atoms with E-state index in [0.717, 1.165) is 12.2 Å². The van der Waals surface area contributed by atoms with Gasteiger partial charge in [0.05, 0.1) is 12.5 Å². The monoisotopic (exact) mass is 173 g/mol. The molecule has 1 saturated heterocycles. The van der Waals surface area contributed by atoms with Crippen LogP contribution < -0.4 is 5.32 Å². The van der Waals surface area contributed by atoms with Gasteiger partial charge in [0.25, 0.3) is 0 Å². The van der Waals surface area contributed by atoms with Crippen LogP contribution in [-0.2, 0) is 9.59 Å². The minimum absolute atomic E-state index is 0.0454. The summed E-state index contributed by atoms with van der Waals surface area (Å²) in [4.78, 5) is 21.7. The summed E-state index contributed by atoms with van der Waals surface area (Å²) in [6, 6.07) is -0.199. The molecule has 0 aliphatic carbocycles. The third kappa shape index (κ3) is 2.22. The fourth-order valence-corrected chi connectivity index (χ4v) is 1.55. The average molecular weight is 173 g/mol. The Morgan fingerprint density at radius 1 is 1.64 bits per heavy atom. The molecule has 0 aromatic heterocycles. The highest BCUT2D eigenvalue weighted by Crippen LogP contribution is 2.08. The van der Waals surface area contributed by atoms with E-state index in [1.165, 1.54) is 0 Å². The summed E-state index contributed by atoms with van der Waals surface area (Å²) in [5.41, 5.74) is 0. The number of hydrogen-bond donors (Lipinski definition) is 1. The fraction of sp³-hybridized carbons (Fsp3) is 0.714. The van der Waals surface area contributed by atoms with Crippen molar-refractivity contribution in [3.8, 4) is 0 Å². The van der Waals surface area contributed by atoms with E-state index in [2.05, 4.69) is 5.32 Å². The molecule has 0 aromatic rings. The molecule has 1 unspecified atom stereocenters. The molecule has 1 rings (SSSR count). The van der Waals surface area contributed by atoms with Crippen molar-refractivity contribution in [1.82, 2.24) is 5.32 Å². The predicted octanol–water partition coefficient (Wildman–Crippen LogP) is 0.197. The number of hydrogen-bond acceptors (Lipinski definition) is 3. The third-order valence-electron chi connectivity index (χ3n) is 1.67. The Balaban J connectivity index is 2.34. The van der Waals surface area contributed by atoms with Gasteiger partial charge >= 0.3 is 0 Å². The number of ketones is 1. The number of amides is 1. The number of thioether (sulfide) groups is 1. The van der Waals surface area contributed by atoms with Gasteiger partial charge in [-0.25, -0.2) is 0 Å². The summed E-state index contributed by atoms with van der Waals surface area (Å²) in [5, 5.41) is 2.64. The van der Waals surface area contributed by atoms with Gasteiger partial charge in [0.2, 0.25) is 5.91 Å². The number of carbonyl (C=O) groups is 2. The third-order valence-corrected chi connectivity index (χ3v) is 2.31. The van der Waals surface area contributed by atoms with Crippen LogP contribution in [-0.4, -0.2) is 29.7 Å². The molecule has 0 spiro atoms. The molecule has 1 fully saturated rings. The van der Waals surface area contributed by atoms with Crippen molar-refractivity contribution in [1.29, 1.82) is 0 Å². The normalized spacial score (nSPS) is 23.9. The molecule has 62 valence electrons. The lowest BCUT2D eigenvalue weighted by Crippen LogP contribution is -2.29. The quantitative estimate of drug-likeness (QED) is 0.620. The van der Waals surface area contributed by atoms with Crippen LogP contribution in [0.25, 0.3) is 0 Å². The number of carbonyl (C=O) groups excluding carboxylic acids is 2.